The van der Waals surface area contributed by atoms with Gasteiger partial charge in [-0.1, -0.05) is 19.1 Å². The van der Waals surface area contributed by atoms with Gasteiger partial charge in [-0.3, -0.25) is 4.79 Å². The molecule has 3 rings (SSSR count). The number of carbonyl (C=O) groups excluding carboxylic acids is 1. The summed E-state index contributed by atoms with van der Waals surface area (Å²) in [6.07, 6.45) is -0.0685. The van der Waals surface area contributed by atoms with Gasteiger partial charge in [0.2, 0.25) is 0 Å². The molecule has 150 valence electrons. The number of amides is 1. The molecule has 0 radical (unpaired) electrons. The first-order chi connectivity index (χ1) is 13.5. The average molecular weight is 385 g/mol. The second-order valence-electron chi connectivity index (χ2n) is 7.14. The maximum Gasteiger partial charge on any atom is 0.261 e. The van der Waals surface area contributed by atoms with Crippen LogP contribution in [0.4, 0.5) is 10.1 Å². The van der Waals surface area contributed by atoms with E-state index < -0.39 is 6.10 Å². The number of nitrogens with zero attached hydrogens (tertiary/aromatic N) is 2. The van der Waals surface area contributed by atoms with Crippen molar-refractivity contribution in [1.29, 1.82) is 0 Å². The Bertz CT molecular complexity index is 756. The van der Waals surface area contributed by atoms with Crippen LogP contribution in [0.1, 0.15) is 18.9 Å². The maximum atomic E-state index is 13.0. The van der Waals surface area contributed by atoms with Crippen LogP contribution >= 0.6 is 0 Å². The summed E-state index contributed by atoms with van der Waals surface area (Å²) in [5.74, 6) is -0.0141. The molecule has 2 aromatic carbocycles. The van der Waals surface area contributed by atoms with Crippen LogP contribution in [0, 0.1) is 5.82 Å². The van der Waals surface area contributed by atoms with Crippen LogP contribution in [0.5, 0.6) is 5.75 Å². The Balaban J connectivity index is 1.50. The molecular weight excluding hydrogens is 357 g/mol. The number of ether oxygens (including phenoxy) is 1. The van der Waals surface area contributed by atoms with E-state index in [0.717, 1.165) is 31.7 Å². The topological polar surface area (TPSA) is 44.8 Å². The number of anilines is 1. The fourth-order valence-corrected chi connectivity index (χ4v) is 3.19. The van der Waals surface area contributed by atoms with Gasteiger partial charge in [-0.05, 0) is 55.4 Å². The summed E-state index contributed by atoms with van der Waals surface area (Å²) in [7, 11) is 2.15. The smallest absolute Gasteiger partial charge is 0.261 e. The highest BCUT2D eigenvalue weighted by Gasteiger charge is 2.18. The number of hydrogen-bond acceptors (Lipinski definition) is 4. The van der Waals surface area contributed by atoms with E-state index in [1.165, 1.54) is 30.0 Å². The predicted octanol–water partition coefficient (Wildman–Crippen LogP) is 3.05. The Morgan fingerprint density at radius 1 is 1.07 bits per heavy atom. The lowest BCUT2D eigenvalue weighted by Gasteiger charge is -2.34. The second kappa shape index (κ2) is 9.55. The van der Waals surface area contributed by atoms with E-state index in [4.69, 9.17) is 4.74 Å². The van der Waals surface area contributed by atoms with Gasteiger partial charge in [0.15, 0.2) is 6.10 Å². The van der Waals surface area contributed by atoms with Gasteiger partial charge in [0.25, 0.3) is 5.91 Å². The van der Waals surface area contributed by atoms with Crippen molar-refractivity contribution in [3.05, 3.63) is 59.9 Å². The van der Waals surface area contributed by atoms with Gasteiger partial charge in [0, 0.05) is 38.4 Å². The van der Waals surface area contributed by atoms with Crippen LogP contribution in [0.3, 0.4) is 0 Å². The molecule has 0 saturated carbocycles. The zero-order valence-corrected chi connectivity index (χ0v) is 16.5. The molecule has 6 heteroatoms. The number of piperazine rings is 1. The number of nitrogens with one attached hydrogen (secondary N) is 1. The van der Waals surface area contributed by atoms with Crippen LogP contribution in [0.2, 0.25) is 0 Å². The van der Waals surface area contributed by atoms with E-state index in [1.807, 2.05) is 6.92 Å². The van der Waals surface area contributed by atoms with Crippen LogP contribution < -0.4 is 15.0 Å². The van der Waals surface area contributed by atoms with Crippen LogP contribution in [0.25, 0.3) is 0 Å². The largest absolute Gasteiger partial charge is 0.481 e. The number of rotatable bonds is 7. The molecule has 0 aliphatic carbocycles. The maximum absolute atomic E-state index is 13.0. The Morgan fingerprint density at radius 2 is 1.71 bits per heavy atom. The second-order valence-corrected chi connectivity index (χ2v) is 7.14. The Labute approximate surface area is 166 Å². The van der Waals surface area contributed by atoms with E-state index in [0.29, 0.717) is 18.7 Å². The first kappa shape index (κ1) is 20.1. The van der Waals surface area contributed by atoms with Gasteiger partial charge in [-0.2, -0.15) is 0 Å². The molecule has 1 N–H and O–H groups in total. The summed E-state index contributed by atoms with van der Waals surface area (Å²) < 4.78 is 18.7. The van der Waals surface area contributed by atoms with Crippen molar-refractivity contribution in [1.82, 2.24) is 10.2 Å². The van der Waals surface area contributed by atoms with E-state index in [-0.39, 0.29) is 11.7 Å². The van der Waals surface area contributed by atoms with Crippen molar-refractivity contribution in [2.75, 3.05) is 38.1 Å². The van der Waals surface area contributed by atoms with E-state index in [2.05, 4.69) is 46.4 Å². The van der Waals surface area contributed by atoms with Crippen molar-refractivity contribution < 1.29 is 13.9 Å². The normalized spacial score (nSPS) is 15.9. The quantitative estimate of drug-likeness (QED) is 0.796. The third-order valence-corrected chi connectivity index (χ3v) is 5.03. The minimum absolute atomic E-state index is 0.171. The number of hydrogen-bond donors (Lipinski definition) is 1. The van der Waals surface area contributed by atoms with Gasteiger partial charge in [0.05, 0.1) is 0 Å². The summed E-state index contributed by atoms with van der Waals surface area (Å²) in [5.41, 5.74) is 2.26. The molecule has 28 heavy (non-hydrogen) atoms. The van der Waals surface area contributed by atoms with Gasteiger partial charge in [-0.25, -0.2) is 4.39 Å². The molecule has 1 atom stereocenters. The number of carbonyl (C=O) groups is 1. The zero-order valence-electron chi connectivity index (χ0n) is 16.5. The molecular formula is C22H28FN3O2. The molecule has 1 aliphatic rings. The summed E-state index contributed by atoms with van der Waals surface area (Å²) in [6, 6.07) is 14.0. The molecule has 5 nitrogen and oxygen atoms in total. The fourth-order valence-electron chi connectivity index (χ4n) is 3.19. The molecule has 0 unspecified atom stereocenters. The fraction of sp³-hybridized carbons (Fsp3) is 0.409. The first-order valence-electron chi connectivity index (χ1n) is 9.77. The summed E-state index contributed by atoms with van der Waals surface area (Å²) in [5, 5.41) is 2.93. The first-order valence-corrected chi connectivity index (χ1v) is 9.77. The monoisotopic (exact) mass is 385 g/mol. The average Bonchev–Trinajstić information content (AvgIpc) is 2.72. The van der Waals surface area contributed by atoms with Crippen molar-refractivity contribution in [2.24, 2.45) is 0 Å². The number of halogens is 1. The standard InChI is InChI=1S/C22H28FN3O2/c1-3-21(28-20-10-6-18(23)7-11-20)22(27)24-16-17-4-8-19(9-5-17)26-14-12-25(2)13-15-26/h4-11,21H,3,12-16H2,1-2H3,(H,24,27)/t21-/m0/s1. The molecule has 2 aromatic rings. The lowest BCUT2D eigenvalue weighted by Crippen LogP contribution is -2.44. The van der Waals surface area contributed by atoms with Crippen LogP contribution in [-0.2, 0) is 11.3 Å². The van der Waals surface area contributed by atoms with E-state index in [1.54, 1.807) is 0 Å². The highest BCUT2D eigenvalue weighted by Crippen LogP contribution is 2.18. The highest BCUT2D eigenvalue weighted by atomic mass is 19.1. The summed E-state index contributed by atoms with van der Waals surface area (Å²) in [4.78, 5) is 17.2. The predicted molar refractivity (Wildman–Crippen MR) is 109 cm³/mol. The van der Waals surface area contributed by atoms with Gasteiger partial charge < -0.3 is 19.9 Å². The molecule has 0 bridgehead atoms. The van der Waals surface area contributed by atoms with Crippen molar-refractivity contribution in [2.45, 2.75) is 26.0 Å². The lowest BCUT2D eigenvalue weighted by atomic mass is 10.1. The zero-order chi connectivity index (χ0) is 19.9. The SMILES string of the molecule is CC[C@H](Oc1ccc(F)cc1)C(=O)NCc1ccc(N2CCN(C)CC2)cc1. The Kier molecular flexibility index (Phi) is 6.87. The molecule has 1 amide bonds. The molecule has 0 spiro atoms. The molecule has 1 fully saturated rings. The highest BCUT2D eigenvalue weighted by molar-refractivity contribution is 5.81. The van der Waals surface area contributed by atoms with Crippen molar-refractivity contribution in [3.63, 3.8) is 0 Å². The third kappa shape index (κ3) is 5.45. The molecule has 1 heterocycles. The van der Waals surface area contributed by atoms with Gasteiger partial charge in [0.1, 0.15) is 11.6 Å². The Morgan fingerprint density at radius 3 is 2.32 bits per heavy atom. The molecule has 0 aromatic heterocycles. The molecule has 1 aliphatic heterocycles. The lowest BCUT2D eigenvalue weighted by molar-refractivity contribution is -0.128. The Hall–Kier alpha value is -2.60. The summed E-state index contributed by atoms with van der Waals surface area (Å²) in [6.45, 7) is 6.55. The van der Waals surface area contributed by atoms with Gasteiger partial charge >= 0.3 is 0 Å². The molecule has 1 saturated heterocycles. The summed E-state index contributed by atoms with van der Waals surface area (Å²) >= 11 is 0. The van der Waals surface area contributed by atoms with E-state index in [9.17, 15) is 9.18 Å². The number of likely N-dealkylation sites (N-methyl/N-ethyl adjacent to an activating group) is 1. The van der Waals surface area contributed by atoms with E-state index >= 15 is 0 Å². The minimum atomic E-state index is -0.602. The van der Waals surface area contributed by atoms with Crippen LogP contribution in [-0.4, -0.2) is 50.1 Å². The third-order valence-electron chi connectivity index (χ3n) is 5.03. The van der Waals surface area contributed by atoms with Crippen molar-refractivity contribution in [3.8, 4) is 5.75 Å². The minimum Gasteiger partial charge on any atom is -0.481 e. The van der Waals surface area contributed by atoms with Gasteiger partial charge in [-0.15, -0.1) is 0 Å². The van der Waals surface area contributed by atoms with Crippen LogP contribution in [0.15, 0.2) is 48.5 Å². The number of benzene rings is 2. The van der Waals surface area contributed by atoms with Crippen molar-refractivity contribution >= 4 is 11.6 Å².